The lowest BCUT2D eigenvalue weighted by Gasteiger charge is -2.31. The van der Waals surface area contributed by atoms with Crippen molar-refractivity contribution in [2.24, 2.45) is 0 Å². The molecule has 0 unspecified atom stereocenters. The second-order valence-electron chi connectivity index (χ2n) is 8.02. The molecule has 0 N–H and O–H groups in total. The van der Waals surface area contributed by atoms with E-state index in [0.717, 1.165) is 18.7 Å². The largest absolute Gasteiger partial charge is 0.364 e. The summed E-state index contributed by atoms with van der Waals surface area (Å²) in [4.78, 5) is 18.2. The second-order valence-corrected chi connectivity index (χ2v) is 8.02. The molecule has 2 aliphatic heterocycles. The van der Waals surface area contributed by atoms with Crippen molar-refractivity contribution >= 4 is 17.2 Å². The first-order chi connectivity index (χ1) is 13.6. The van der Waals surface area contributed by atoms with Crippen LogP contribution in [0.4, 0.5) is 11.4 Å². The topological polar surface area (TPSA) is 23.6 Å². The van der Waals surface area contributed by atoms with Crippen LogP contribution in [-0.4, -0.2) is 18.4 Å². The van der Waals surface area contributed by atoms with Crippen molar-refractivity contribution in [1.29, 1.82) is 0 Å². The highest BCUT2D eigenvalue weighted by molar-refractivity contribution is 6.03. The Labute approximate surface area is 166 Å². The fourth-order valence-electron chi connectivity index (χ4n) is 4.60. The van der Waals surface area contributed by atoms with Crippen molar-refractivity contribution < 1.29 is 4.79 Å². The molecule has 5 rings (SSSR count). The Hall–Kier alpha value is -3.07. The van der Waals surface area contributed by atoms with Gasteiger partial charge in [0, 0.05) is 36.6 Å². The van der Waals surface area contributed by atoms with Crippen molar-refractivity contribution in [2.75, 3.05) is 16.3 Å². The van der Waals surface area contributed by atoms with Crippen LogP contribution in [0.2, 0.25) is 0 Å². The SMILES string of the molecule is Cc1ccc2c(c1)CN1c3ccc(C)cc3CN2C[C@@H]1C(=O)c1ccccc1. The summed E-state index contributed by atoms with van der Waals surface area (Å²) in [6.45, 7) is 6.57. The normalized spacial score (nSPS) is 17.6. The van der Waals surface area contributed by atoms with E-state index >= 15 is 0 Å². The summed E-state index contributed by atoms with van der Waals surface area (Å²) in [6, 6.07) is 22.8. The lowest BCUT2D eigenvalue weighted by atomic mass is 10.0. The second kappa shape index (κ2) is 6.52. The zero-order chi connectivity index (χ0) is 19.3. The smallest absolute Gasteiger partial charge is 0.187 e. The fourth-order valence-corrected chi connectivity index (χ4v) is 4.60. The van der Waals surface area contributed by atoms with Gasteiger partial charge in [-0.2, -0.15) is 0 Å². The van der Waals surface area contributed by atoms with Crippen LogP contribution in [0, 0.1) is 13.8 Å². The molecule has 140 valence electrons. The van der Waals surface area contributed by atoms with Gasteiger partial charge in [0.15, 0.2) is 5.78 Å². The summed E-state index contributed by atoms with van der Waals surface area (Å²) in [5.74, 6) is 0.198. The van der Waals surface area contributed by atoms with E-state index in [-0.39, 0.29) is 11.8 Å². The highest BCUT2D eigenvalue weighted by Crippen LogP contribution is 2.39. The van der Waals surface area contributed by atoms with Crippen LogP contribution in [-0.2, 0) is 13.1 Å². The molecule has 0 radical (unpaired) electrons. The van der Waals surface area contributed by atoms with Crippen molar-refractivity contribution in [3.8, 4) is 0 Å². The summed E-state index contributed by atoms with van der Waals surface area (Å²) >= 11 is 0. The average molecular weight is 368 g/mol. The number of anilines is 2. The minimum Gasteiger partial charge on any atom is -0.364 e. The third-order valence-corrected chi connectivity index (χ3v) is 5.95. The van der Waals surface area contributed by atoms with Gasteiger partial charge in [0.1, 0.15) is 6.04 Å². The molecule has 3 heteroatoms. The lowest BCUT2D eigenvalue weighted by molar-refractivity contribution is 0.0960. The van der Waals surface area contributed by atoms with Crippen LogP contribution < -0.4 is 9.80 Å². The lowest BCUT2D eigenvalue weighted by Crippen LogP contribution is -2.45. The third kappa shape index (κ3) is 2.78. The van der Waals surface area contributed by atoms with E-state index in [0.29, 0.717) is 6.54 Å². The fraction of sp³-hybridized carbons (Fsp3) is 0.240. The van der Waals surface area contributed by atoms with Gasteiger partial charge in [0.2, 0.25) is 0 Å². The number of aryl methyl sites for hydroxylation is 2. The van der Waals surface area contributed by atoms with Gasteiger partial charge in [-0.1, -0.05) is 65.7 Å². The maximum absolute atomic E-state index is 13.5. The van der Waals surface area contributed by atoms with Crippen molar-refractivity contribution in [1.82, 2.24) is 0 Å². The molecule has 2 bridgehead atoms. The van der Waals surface area contributed by atoms with Gasteiger partial charge in [-0.25, -0.2) is 0 Å². The number of carbonyl (C=O) groups excluding carboxylic acids is 1. The van der Waals surface area contributed by atoms with Crippen LogP contribution >= 0.6 is 0 Å². The van der Waals surface area contributed by atoms with Gasteiger partial charge in [-0.15, -0.1) is 0 Å². The maximum atomic E-state index is 13.5. The molecule has 0 spiro atoms. The monoisotopic (exact) mass is 368 g/mol. The molecule has 3 aromatic carbocycles. The predicted molar refractivity (Wildman–Crippen MR) is 114 cm³/mol. The predicted octanol–water partition coefficient (Wildman–Crippen LogP) is 4.90. The molecule has 0 saturated heterocycles. The van der Waals surface area contributed by atoms with Gasteiger partial charge >= 0.3 is 0 Å². The molecule has 28 heavy (non-hydrogen) atoms. The number of hydrogen-bond acceptors (Lipinski definition) is 3. The molecular formula is C25H24N2O. The molecule has 0 fully saturated rings. The highest BCUT2D eigenvalue weighted by Gasteiger charge is 2.37. The number of hydrogen-bond donors (Lipinski definition) is 0. The molecule has 1 atom stereocenters. The van der Waals surface area contributed by atoms with Crippen LogP contribution in [0.3, 0.4) is 0 Å². The Bertz CT molecular complexity index is 1060. The van der Waals surface area contributed by atoms with Crippen LogP contribution in [0.25, 0.3) is 0 Å². The van der Waals surface area contributed by atoms with E-state index in [1.165, 1.54) is 33.6 Å². The minimum absolute atomic E-state index is 0.195. The van der Waals surface area contributed by atoms with Gasteiger partial charge in [0.05, 0.1) is 0 Å². The molecule has 2 aliphatic rings. The number of Topliss-reactive ketones (excluding diaryl/α,β-unsaturated/α-hetero) is 1. The maximum Gasteiger partial charge on any atom is 0.187 e. The van der Waals surface area contributed by atoms with Gasteiger partial charge in [-0.05, 0) is 37.1 Å². The zero-order valence-corrected chi connectivity index (χ0v) is 16.4. The first-order valence-electron chi connectivity index (χ1n) is 9.90. The molecule has 2 heterocycles. The number of rotatable bonds is 2. The van der Waals surface area contributed by atoms with Gasteiger partial charge in [-0.3, -0.25) is 4.79 Å². The van der Waals surface area contributed by atoms with Crippen molar-refractivity contribution in [3.63, 3.8) is 0 Å². The Balaban J connectivity index is 1.67. The number of nitrogens with zero attached hydrogens (tertiary/aromatic N) is 2. The van der Waals surface area contributed by atoms with E-state index in [1.807, 2.05) is 30.3 Å². The minimum atomic E-state index is -0.195. The molecular weight excluding hydrogens is 344 g/mol. The first kappa shape index (κ1) is 17.1. The first-order valence-corrected chi connectivity index (χ1v) is 9.90. The van der Waals surface area contributed by atoms with E-state index in [1.54, 1.807) is 0 Å². The Morgan fingerprint density at radius 3 is 2.18 bits per heavy atom. The summed E-state index contributed by atoms with van der Waals surface area (Å²) < 4.78 is 0. The summed E-state index contributed by atoms with van der Waals surface area (Å²) in [6.07, 6.45) is 0. The van der Waals surface area contributed by atoms with Gasteiger partial charge < -0.3 is 9.80 Å². The Morgan fingerprint density at radius 1 is 0.821 bits per heavy atom. The number of fused-ring (bicyclic) bond motifs is 7. The Kier molecular flexibility index (Phi) is 3.97. The van der Waals surface area contributed by atoms with E-state index in [4.69, 9.17) is 0 Å². The molecule has 0 aromatic heterocycles. The number of benzene rings is 3. The highest BCUT2D eigenvalue weighted by atomic mass is 16.1. The van der Waals surface area contributed by atoms with Crippen LogP contribution in [0.5, 0.6) is 0 Å². The van der Waals surface area contributed by atoms with Crippen molar-refractivity contribution in [2.45, 2.75) is 33.0 Å². The summed E-state index contributed by atoms with van der Waals surface area (Å²) in [7, 11) is 0. The average Bonchev–Trinajstić information content (AvgIpc) is 2.94. The molecule has 3 aromatic rings. The number of carbonyl (C=O) groups is 1. The van der Waals surface area contributed by atoms with E-state index in [9.17, 15) is 4.79 Å². The molecule has 3 nitrogen and oxygen atoms in total. The Morgan fingerprint density at radius 2 is 1.46 bits per heavy atom. The van der Waals surface area contributed by atoms with E-state index in [2.05, 4.69) is 60.0 Å². The summed E-state index contributed by atoms with van der Waals surface area (Å²) in [5, 5.41) is 0. The molecule has 0 aliphatic carbocycles. The molecule has 0 saturated carbocycles. The van der Waals surface area contributed by atoms with Crippen molar-refractivity contribution in [3.05, 3.63) is 94.5 Å². The quantitative estimate of drug-likeness (QED) is 0.602. The van der Waals surface area contributed by atoms with Crippen LogP contribution in [0.1, 0.15) is 32.6 Å². The standard InChI is InChI=1S/C25H24N2O/c1-17-8-10-22-21(13-17)15-27-23-11-9-18(2)12-20(23)14-26(22)16-24(27)25(28)19-6-4-3-5-7-19/h3-13,24H,14-16H2,1-2H3/t24-/m1/s1. The van der Waals surface area contributed by atoms with Crippen LogP contribution in [0.15, 0.2) is 66.7 Å². The zero-order valence-electron chi connectivity index (χ0n) is 16.4. The molecule has 0 amide bonds. The third-order valence-electron chi connectivity index (χ3n) is 5.95. The van der Waals surface area contributed by atoms with Gasteiger partial charge in [0.25, 0.3) is 0 Å². The van der Waals surface area contributed by atoms with E-state index < -0.39 is 0 Å². The number of ketones is 1. The summed E-state index contributed by atoms with van der Waals surface area (Å²) in [5.41, 5.74) is 8.35.